The number of rotatable bonds is 6. The first kappa shape index (κ1) is 18.0. The molecule has 0 spiro atoms. The van der Waals surface area contributed by atoms with Gasteiger partial charge in [-0.2, -0.15) is 23.5 Å². The van der Waals surface area contributed by atoms with Gasteiger partial charge < -0.3 is 10.1 Å². The van der Waals surface area contributed by atoms with Crippen molar-refractivity contribution < 1.29 is 14.3 Å². The average molecular weight is 267 g/mol. The number of thioether (sulfide) groups is 2. The molecule has 0 atom stereocenters. The standard InChI is InChI=1S/C5H11NOS.C5H10O2S/c1-6-5(7)3-4-8-2;1-7-5(6)3-4-8-2/h3-4H2,1-2H3,(H,6,7);3-4H2,1-2H3. The summed E-state index contributed by atoms with van der Waals surface area (Å²) in [4.78, 5) is 20.8. The molecule has 0 aliphatic carbocycles. The molecule has 0 aliphatic heterocycles. The van der Waals surface area contributed by atoms with E-state index in [4.69, 9.17) is 0 Å². The molecule has 4 nitrogen and oxygen atoms in total. The van der Waals surface area contributed by atoms with E-state index in [2.05, 4.69) is 10.1 Å². The van der Waals surface area contributed by atoms with E-state index in [1.165, 1.54) is 7.11 Å². The maximum absolute atomic E-state index is 10.4. The van der Waals surface area contributed by atoms with Crippen molar-refractivity contribution in [3.63, 3.8) is 0 Å². The molecular weight excluding hydrogens is 246 g/mol. The molecule has 0 saturated carbocycles. The minimum atomic E-state index is -0.126. The Hall–Kier alpha value is -0.360. The van der Waals surface area contributed by atoms with Gasteiger partial charge in [-0.05, 0) is 12.5 Å². The van der Waals surface area contributed by atoms with Crippen LogP contribution < -0.4 is 5.32 Å². The quantitative estimate of drug-likeness (QED) is 0.737. The fraction of sp³-hybridized carbons (Fsp3) is 0.800. The van der Waals surface area contributed by atoms with Crippen LogP contribution in [0.25, 0.3) is 0 Å². The van der Waals surface area contributed by atoms with Crippen LogP contribution in [-0.2, 0) is 14.3 Å². The lowest BCUT2D eigenvalue weighted by Crippen LogP contribution is -2.17. The number of carbonyl (C=O) groups excluding carboxylic acids is 2. The van der Waals surface area contributed by atoms with E-state index in [-0.39, 0.29) is 11.9 Å². The summed E-state index contributed by atoms with van der Waals surface area (Å²) in [6, 6.07) is 0. The first-order chi connectivity index (χ1) is 7.62. The molecule has 96 valence electrons. The van der Waals surface area contributed by atoms with E-state index in [1.54, 1.807) is 30.6 Å². The van der Waals surface area contributed by atoms with Gasteiger partial charge in [0, 0.05) is 25.0 Å². The van der Waals surface area contributed by atoms with Crippen LogP contribution in [0.15, 0.2) is 0 Å². The predicted octanol–water partition coefficient (Wildman–Crippen LogP) is 1.40. The number of methoxy groups -OCH3 is 1. The summed E-state index contributed by atoms with van der Waals surface area (Å²) in [5, 5.41) is 2.55. The minimum absolute atomic E-state index is 0.124. The highest BCUT2D eigenvalue weighted by Crippen LogP contribution is 1.95. The lowest BCUT2D eigenvalue weighted by Gasteiger charge is -1.94. The number of esters is 1. The van der Waals surface area contributed by atoms with Gasteiger partial charge in [0.1, 0.15) is 0 Å². The molecule has 0 aromatic carbocycles. The highest BCUT2D eigenvalue weighted by Gasteiger charge is 1.95. The Kier molecular flexibility index (Phi) is 16.5. The molecule has 0 aliphatic rings. The fourth-order valence-electron chi connectivity index (χ4n) is 0.607. The number of nitrogens with one attached hydrogen (secondary N) is 1. The summed E-state index contributed by atoms with van der Waals surface area (Å²) in [7, 11) is 3.06. The van der Waals surface area contributed by atoms with Crippen LogP contribution in [0, 0.1) is 0 Å². The Morgan fingerprint density at radius 2 is 1.62 bits per heavy atom. The third-order valence-electron chi connectivity index (χ3n) is 1.55. The molecule has 0 unspecified atom stereocenters. The second-order valence-electron chi connectivity index (χ2n) is 2.73. The Morgan fingerprint density at radius 3 is 2.00 bits per heavy atom. The lowest BCUT2D eigenvalue weighted by molar-refractivity contribution is -0.140. The minimum Gasteiger partial charge on any atom is -0.469 e. The highest BCUT2D eigenvalue weighted by atomic mass is 32.2. The maximum Gasteiger partial charge on any atom is 0.306 e. The van der Waals surface area contributed by atoms with Crippen LogP contribution in [0.5, 0.6) is 0 Å². The smallest absolute Gasteiger partial charge is 0.306 e. The van der Waals surface area contributed by atoms with Crippen LogP contribution in [0.1, 0.15) is 12.8 Å². The van der Waals surface area contributed by atoms with Crippen molar-refractivity contribution in [3.05, 3.63) is 0 Å². The molecule has 0 fully saturated rings. The summed E-state index contributed by atoms with van der Waals surface area (Å²) >= 11 is 3.33. The first-order valence-corrected chi connectivity index (χ1v) is 7.66. The van der Waals surface area contributed by atoms with Gasteiger partial charge in [-0.15, -0.1) is 0 Å². The first-order valence-electron chi connectivity index (χ1n) is 4.87. The number of hydrogen-bond donors (Lipinski definition) is 1. The summed E-state index contributed by atoms with van der Waals surface area (Å²) in [5.74, 6) is 1.77. The predicted molar refractivity (Wildman–Crippen MR) is 72.1 cm³/mol. The van der Waals surface area contributed by atoms with Gasteiger partial charge in [-0.3, -0.25) is 9.59 Å². The second kappa shape index (κ2) is 14.6. The molecule has 16 heavy (non-hydrogen) atoms. The molecule has 0 heterocycles. The molecule has 0 aromatic heterocycles. The summed E-state index contributed by atoms with van der Waals surface area (Å²) in [6.07, 6.45) is 5.11. The van der Waals surface area contributed by atoms with Gasteiger partial charge in [0.05, 0.1) is 13.5 Å². The van der Waals surface area contributed by atoms with Crippen LogP contribution in [0.3, 0.4) is 0 Å². The van der Waals surface area contributed by atoms with Crippen LogP contribution in [-0.4, -0.2) is 50.1 Å². The van der Waals surface area contributed by atoms with Crippen molar-refractivity contribution in [1.82, 2.24) is 5.32 Å². The third-order valence-corrected chi connectivity index (χ3v) is 2.77. The molecule has 1 amide bonds. The van der Waals surface area contributed by atoms with E-state index in [1.807, 2.05) is 12.5 Å². The van der Waals surface area contributed by atoms with Crippen molar-refractivity contribution in [3.8, 4) is 0 Å². The summed E-state index contributed by atoms with van der Waals surface area (Å²) in [5.41, 5.74) is 0. The van der Waals surface area contributed by atoms with Gasteiger partial charge in [0.25, 0.3) is 0 Å². The largest absolute Gasteiger partial charge is 0.469 e. The normalized spacial score (nSPS) is 8.75. The van der Waals surface area contributed by atoms with Crippen molar-refractivity contribution in [2.24, 2.45) is 0 Å². The highest BCUT2D eigenvalue weighted by molar-refractivity contribution is 7.98. The van der Waals surface area contributed by atoms with Crippen LogP contribution >= 0.6 is 23.5 Å². The zero-order chi connectivity index (χ0) is 12.8. The maximum atomic E-state index is 10.4. The molecule has 0 rings (SSSR count). The number of carbonyl (C=O) groups is 2. The van der Waals surface area contributed by atoms with E-state index < -0.39 is 0 Å². The van der Waals surface area contributed by atoms with Crippen LogP contribution in [0.4, 0.5) is 0 Å². The Bertz CT molecular complexity index is 169. The Morgan fingerprint density at radius 1 is 1.12 bits per heavy atom. The monoisotopic (exact) mass is 267 g/mol. The molecule has 0 saturated heterocycles. The van der Waals surface area contributed by atoms with Gasteiger partial charge in [-0.25, -0.2) is 0 Å². The van der Waals surface area contributed by atoms with Gasteiger partial charge in [-0.1, -0.05) is 0 Å². The van der Waals surface area contributed by atoms with Crippen molar-refractivity contribution >= 4 is 35.4 Å². The topological polar surface area (TPSA) is 55.4 Å². The van der Waals surface area contributed by atoms with Gasteiger partial charge in [0.2, 0.25) is 5.91 Å². The third kappa shape index (κ3) is 16.1. The molecule has 6 heteroatoms. The zero-order valence-electron chi connectivity index (χ0n) is 10.4. The summed E-state index contributed by atoms with van der Waals surface area (Å²) in [6.45, 7) is 0. The number of amides is 1. The Labute approximate surface area is 106 Å². The Balaban J connectivity index is 0. The summed E-state index contributed by atoms with van der Waals surface area (Å²) < 4.78 is 4.40. The van der Waals surface area contributed by atoms with E-state index in [0.717, 1.165) is 11.5 Å². The molecule has 0 bridgehead atoms. The molecule has 1 N–H and O–H groups in total. The second-order valence-corrected chi connectivity index (χ2v) is 4.71. The van der Waals surface area contributed by atoms with Crippen molar-refractivity contribution in [2.45, 2.75) is 12.8 Å². The SMILES string of the molecule is CNC(=O)CCSC.COC(=O)CCSC. The molecule has 0 radical (unpaired) electrons. The zero-order valence-corrected chi connectivity index (χ0v) is 12.0. The number of ether oxygens (including phenoxy) is 1. The lowest BCUT2D eigenvalue weighted by atomic mass is 10.5. The van der Waals surface area contributed by atoms with Crippen molar-refractivity contribution in [2.75, 3.05) is 38.2 Å². The van der Waals surface area contributed by atoms with Crippen LogP contribution in [0.2, 0.25) is 0 Å². The van der Waals surface area contributed by atoms with E-state index in [9.17, 15) is 9.59 Å². The van der Waals surface area contributed by atoms with Gasteiger partial charge >= 0.3 is 5.97 Å². The van der Waals surface area contributed by atoms with Gasteiger partial charge in [0.15, 0.2) is 0 Å². The number of hydrogen-bond acceptors (Lipinski definition) is 5. The van der Waals surface area contributed by atoms with E-state index in [0.29, 0.717) is 12.8 Å². The average Bonchev–Trinajstić information content (AvgIpc) is 2.33. The molecular formula is C10H21NO3S2. The van der Waals surface area contributed by atoms with E-state index >= 15 is 0 Å². The molecule has 0 aromatic rings. The fourth-order valence-corrected chi connectivity index (χ4v) is 1.37. The van der Waals surface area contributed by atoms with Crippen molar-refractivity contribution in [1.29, 1.82) is 0 Å².